The Hall–Kier alpha value is -2.58. The number of aryl methyl sites for hydroxylation is 2. The lowest BCUT2D eigenvalue weighted by atomic mass is 10.0. The van der Waals surface area contributed by atoms with Crippen molar-refractivity contribution in [1.82, 2.24) is 25.2 Å². The Kier molecular flexibility index (Phi) is 5.12. The van der Waals surface area contributed by atoms with Crippen molar-refractivity contribution in [3.63, 3.8) is 0 Å². The average Bonchev–Trinajstić information content (AvgIpc) is 3.51. The summed E-state index contributed by atoms with van der Waals surface area (Å²) in [6, 6.07) is 6.06. The van der Waals surface area contributed by atoms with E-state index in [1.165, 1.54) is 10.5 Å². The van der Waals surface area contributed by atoms with Gasteiger partial charge in [0.25, 0.3) is 5.56 Å². The van der Waals surface area contributed by atoms with Crippen LogP contribution in [0.15, 0.2) is 23.0 Å². The monoisotopic (exact) mass is 409 g/mol. The number of likely N-dealkylation sites (tertiary alicyclic amines) is 1. The van der Waals surface area contributed by atoms with Crippen molar-refractivity contribution >= 4 is 10.9 Å². The fourth-order valence-electron chi connectivity index (χ4n) is 4.95. The highest BCUT2D eigenvalue weighted by molar-refractivity contribution is 5.83. The number of hydrogen-bond donors (Lipinski definition) is 2. The summed E-state index contributed by atoms with van der Waals surface area (Å²) in [5, 5.41) is 13.7. The zero-order valence-corrected chi connectivity index (χ0v) is 17.6. The van der Waals surface area contributed by atoms with E-state index in [2.05, 4.69) is 46.5 Å². The first-order valence-corrected chi connectivity index (χ1v) is 11.0. The quantitative estimate of drug-likeness (QED) is 0.658. The van der Waals surface area contributed by atoms with Crippen LogP contribution in [0.3, 0.4) is 0 Å². The molecule has 0 unspecified atom stereocenters. The van der Waals surface area contributed by atoms with E-state index in [0.717, 1.165) is 73.2 Å². The molecule has 2 fully saturated rings. The molecule has 1 aromatic carbocycles. The van der Waals surface area contributed by atoms with Gasteiger partial charge in [-0.2, -0.15) is 0 Å². The number of quaternary nitrogens is 1. The zero-order valence-electron chi connectivity index (χ0n) is 17.6. The van der Waals surface area contributed by atoms with Crippen LogP contribution in [0.2, 0.25) is 0 Å². The molecule has 4 heterocycles. The Morgan fingerprint density at radius 3 is 2.87 bits per heavy atom. The second-order valence-corrected chi connectivity index (χ2v) is 8.68. The van der Waals surface area contributed by atoms with E-state index in [1.54, 1.807) is 0 Å². The molecule has 158 valence electrons. The second-order valence-electron chi connectivity index (χ2n) is 8.68. The molecule has 2 saturated heterocycles. The summed E-state index contributed by atoms with van der Waals surface area (Å²) < 4.78 is 7.66. The lowest BCUT2D eigenvalue weighted by Crippen LogP contribution is -3.10. The van der Waals surface area contributed by atoms with Crippen LogP contribution in [0.5, 0.6) is 0 Å². The highest BCUT2D eigenvalue weighted by Gasteiger charge is 2.36. The first-order valence-electron chi connectivity index (χ1n) is 11.0. The van der Waals surface area contributed by atoms with E-state index in [0.29, 0.717) is 6.54 Å². The highest BCUT2D eigenvalue weighted by Crippen LogP contribution is 2.23. The molecule has 8 nitrogen and oxygen atoms in total. The highest BCUT2D eigenvalue weighted by atomic mass is 16.5. The smallest absolute Gasteiger partial charge is 0.258 e. The van der Waals surface area contributed by atoms with Crippen molar-refractivity contribution in [2.45, 2.75) is 58.2 Å². The lowest BCUT2D eigenvalue weighted by molar-refractivity contribution is -0.914. The lowest BCUT2D eigenvalue weighted by Gasteiger charge is -2.24. The SMILES string of the molecule is Cc1ccc2cc([C@@H](c3nnnn3C[C@@H]3CCCO3)[NH+]3CCCC3)c(=O)[nH]c2c1C. The minimum absolute atomic E-state index is 0.0488. The molecule has 0 aliphatic carbocycles. The standard InChI is InChI=1S/C22H28N6O2/c1-14-7-8-16-12-18(22(29)23-19(16)15(14)2)20(27-9-3-4-10-27)21-24-25-26-28(21)13-17-6-5-11-30-17/h7-8,12,17,20H,3-6,9-11,13H2,1-2H3,(H,23,29)/p+1/t17-,20-/m0/s1. The molecule has 2 aliphatic heterocycles. The van der Waals surface area contributed by atoms with Crippen LogP contribution in [0, 0.1) is 13.8 Å². The van der Waals surface area contributed by atoms with Gasteiger partial charge in [0, 0.05) is 19.4 Å². The molecular weight excluding hydrogens is 380 g/mol. The number of rotatable bonds is 5. The maximum Gasteiger partial charge on any atom is 0.258 e. The summed E-state index contributed by atoms with van der Waals surface area (Å²) in [4.78, 5) is 17.8. The van der Waals surface area contributed by atoms with Crippen LogP contribution >= 0.6 is 0 Å². The maximum absolute atomic E-state index is 13.3. The molecule has 30 heavy (non-hydrogen) atoms. The Labute approximate surface area is 175 Å². The number of fused-ring (bicyclic) bond motifs is 1. The number of ether oxygens (including phenoxy) is 1. The van der Waals surface area contributed by atoms with Gasteiger partial charge in [-0.05, 0) is 59.7 Å². The van der Waals surface area contributed by atoms with Gasteiger partial charge in [0.15, 0.2) is 6.04 Å². The van der Waals surface area contributed by atoms with Gasteiger partial charge in [-0.3, -0.25) is 4.79 Å². The summed E-state index contributed by atoms with van der Waals surface area (Å²) in [6.07, 6.45) is 4.55. The van der Waals surface area contributed by atoms with Crippen LogP contribution in [-0.2, 0) is 11.3 Å². The van der Waals surface area contributed by atoms with Crippen LogP contribution < -0.4 is 10.5 Å². The van der Waals surface area contributed by atoms with Crippen molar-refractivity contribution in [1.29, 1.82) is 0 Å². The third-order valence-corrected chi connectivity index (χ3v) is 6.76. The fourth-order valence-corrected chi connectivity index (χ4v) is 4.95. The second kappa shape index (κ2) is 7.92. The molecule has 5 rings (SSSR count). The van der Waals surface area contributed by atoms with Crippen LogP contribution in [0.4, 0.5) is 0 Å². The summed E-state index contributed by atoms with van der Waals surface area (Å²) in [7, 11) is 0. The van der Waals surface area contributed by atoms with E-state index in [-0.39, 0.29) is 17.7 Å². The first kappa shape index (κ1) is 19.4. The Morgan fingerprint density at radius 2 is 2.10 bits per heavy atom. The summed E-state index contributed by atoms with van der Waals surface area (Å²) in [6.45, 7) is 7.59. The molecular formula is C22H29N6O2+. The molecule has 2 aliphatic rings. The van der Waals surface area contributed by atoms with Gasteiger partial charge in [-0.15, -0.1) is 5.10 Å². The number of H-pyrrole nitrogens is 1. The Balaban J connectivity index is 1.61. The molecule has 8 heteroatoms. The summed E-state index contributed by atoms with van der Waals surface area (Å²) in [5.41, 5.74) is 3.90. The number of tetrazole rings is 1. The molecule has 0 radical (unpaired) electrons. The van der Waals surface area contributed by atoms with Gasteiger partial charge < -0.3 is 14.6 Å². The minimum atomic E-state index is -0.182. The number of aromatic nitrogens is 5. The minimum Gasteiger partial charge on any atom is -0.376 e. The molecule has 0 bridgehead atoms. The molecule has 3 aromatic rings. The normalized spacial score (nSPS) is 20.9. The third-order valence-electron chi connectivity index (χ3n) is 6.76. The molecule has 2 atom stereocenters. The van der Waals surface area contributed by atoms with Crippen molar-refractivity contribution in [2.24, 2.45) is 0 Å². The van der Waals surface area contributed by atoms with Gasteiger partial charge >= 0.3 is 0 Å². The summed E-state index contributed by atoms with van der Waals surface area (Å²) >= 11 is 0. The number of hydrogen-bond acceptors (Lipinski definition) is 5. The number of nitrogens with one attached hydrogen (secondary N) is 2. The number of nitrogens with zero attached hydrogens (tertiary/aromatic N) is 4. The van der Waals surface area contributed by atoms with E-state index >= 15 is 0 Å². The van der Waals surface area contributed by atoms with Gasteiger partial charge in [-0.1, -0.05) is 12.1 Å². The van der Waals surface area contributed by atoms with Crippen LogP contribution in [0.25, 0.3) is 10.9 Å². The van der Waals surface area contributed by atoms with Gasteiger partial charge in [-0.25, -0.2) is 4.68 Å². The van der Waals surface area contributed by atoms with E-state index < -0.39 is 0 Å². The summed E-state index contributed by atoms with van der Waals surface area (Å²) in [5.74, 6) is 0.760. The van der Waals surface area contributed by atoms with Crippen molar-refractivity contribution in [3.05, 3.63) is 51.1 Å². The molecule has 2 aromatic heterocycles. The van der Waals surface area contributed by atoms with E-state index in [9.17, 15) is 4.79 Å². The Morgan fingerprint density at radius 1 is 1.27 bits per heavy atom. The molecule has 0 amide bonds. The zero-order chi connectivity index (χ0) is 20.7. The van der Waals surface area contributed by atoms with E-state index in [1.807, 2.05) is 10.7 Å². The largest absolute Gasteiger partial charge is 0.376 e. The predicted octanol–water partition coefficient (Wildman–Crippen LogP) is 1.08. The molecule has 2 N–H and O–H groups in total. The number of aromatic amines is 1. The Bertz CT molecular complexity index is 1110. The van der Waals surface area contributed by atoms with Gasteiger partial charge in [0.2, 0.25) is 5.82 Å². The van der Waals surface area contributed by atoms with Crippen molar-refractivity contribution < 1.29 is 9.64 Å². The van der Waals surface area contributed by atoms with Crippen LogP contribution in [-0.4, -0.2) is 51.0 Å². The predicted molar refractivity (Wildman–Crippen MR) is 113 cm³/mol. The van der Waals surface area contributed by atoms with Crippen LogP contribution in [0.1, 0.15) is 54.2 Å². The van der Waals surface area contributed by atoms with Gasteiger partial charge in [0.05, 0.1) is 36.8 Å². The molecule has 0 spiro atoms. The van der Waals surface area contributed by atoms with Crippen molar-refractivity contribution in [3.8, 4) is 0 Å². The number of benzene rings is 1. The average molecular weight is 410 g/mol. The maximum atomic E-state index is 13.3. The van der Waals surface area contributed by atoms with Crippen molar-refractivity contribution in [2.75, 3.05) is 19.7 Å². The topological polar surface area (TPSA) is 90.1 Å². The first-order chi connectivity index (χ1) is 14.6. The van der Waals surface area contributed by atoms with E-state index in [4.69, 9.17) is 4.74 Å². The number of pyridine rings is 1. The fraction of sp³-hybridized carbons (Fsp3) is 0.545. The van der Waals surface area contributed by atoms with Gasteiger partial charge in [0.1, 0.15) is 0 Å². The third kappa shape index (κ3) is 3.44. The molecule has 0 saturated carbocycles.